The van der Waals surface area contributed by atoms with Gasteiger partial charge in [0.2, 0.25) is 0 Å². The molecule has 70 valence electrons. The predicted molar refractivity (Wildman–Crippen MR) is 45.7 cm³/mol. The van der Waals surface area contributed by atoms with Gasteiger partial charge in [0, 0.05) is 6.92 Å². The Hall–Kier alpha value is -1.29. The molecule has 4 nitrogen and oxygen atoms in total. The van der Waals surface area contributed by atoms with E-state index < -0.39 is 5.97 Å². The summed E-state index contributed by atoms with van der Waals surface area (Å²) in [5.41, 5.74) is 0. The number of aliphatic hydroxyl groups excluding tert-OH is 1. The fourth-order valence-corrected chi connectivity index (χ4v) is 0.263. The van der Waals surface area contributed by atoms with Gasteiger partial charge in [-0.1, -0.05) is 12.2 Å². The van der Waals surface area contributed by atoms with Crippen molar-refractivity contribution in [2.75, 3.05) is 13.7 Å². The molecular formula is C8H14O4. The molecule has 2 N–H and O–H groups in total. The molecule has 0 aliphatic heterocycles. The fourth-order valence-electron chi connectivity index (χ4n) is 0.263. The Balaban J connectivity index is 0. The topological polar surface area (TPSA) is 66.8 Å². The number of carbonyl (C=O) groups is 1. The van der Waals surface area contributed by atoms with Crippen LogP contribution in [0, 0.1) is 0 Å². The number of aliphatic hydroxyl groups is 1. The third-order valence-corrected chi connectivity index (χ3v) is 0.567. The highest BCUT2D eigenvalue weighted by molar-refractivity contribution is 5.62. The zero-order valence-corrected chi connectivity index (χ0v) is 7.23. The summed E-state index contributed by atoms with van der Waals surface area (Å²) < 4.78 is 4.57. The monoisotopic (exact) mass is 174 g/mol. The van der Waals surface area contributed by atoms with Crippen molar-refractivity contribution in [3.63, 3.8) is 0 Å². The largest absolute Gasteiger partial charge is 0.504 e. The maximum absolute atomic E-state index is 9.00. The maximum atomic E-state index is 9.00. The van der Waals surface area contributed by atoms with Gasteiger partial charge in [-0.15, -0.1) is 0 Å². The highest BCUT2D eigenvalue weighted by Crippen LogP contribution is 1.75. The second-order valence-electron chi connectivity index (χ2n) is 1.69. The lowest BCUT2D eigenvalue weighted by Gasteiger charge is -1.79. The molecule has 0 heterocycles. The van der Waals surface area contributed by atoms with Gasteiger partial charge in [0.15, 0.2) is 0 Å². The quantitative estimate of drug-likeness (QED) is 0.490. The summed E-state index contributed by atoms with van der Waals surface area (Å²) >= 11 is 0. The van der Waals surface area contributed by atoms with E-state index in [9.17, 15) is 0 Å². The number of rotatable bonds is 3. The smallest absolute Gasteiger partial charge is 0.300 e. The van der Waals surface area contributed by atoms with E-state index in [1.54, 1.807) is 25.3 Å². The van der Waals surface area contributed by atoms with Crippen LogP contribution in [0.15, 0.2) is 24.5 Å². The number of hydrogen-bond acceptors (Lipinski definition) is 3. The average Bonchev–Trinajstić information content (AvgIpc) is 1.97. The summed E-state index contributed by atoms with van der Waals surface area (Å²) in [7, 11) is 1.57. The van der Waals surface area contributed by atoms with E-state index in [2.05, 4.69) is 4.74 Å². The molecule has 4 heteroatoms. The van der Waals surface area contributed by atoms with Crippen LogP contribution in [0.25, 0.3) is 0 Å². The van der Waals surface area contributed by atoms with E-state index in [0.717, 1.165) is 6.92 Å². The lowest BCUT2D eigenvalue weighted by atomic mass is 10.5. The second kappa shape index (κ2) is 12.4. The summed E-state index contributed by atoms with van der Waals surface area (Å²) in [5, 5.41) is 15.6. The van der Waals surface area contributed by atoms with Crippen LogP contribution in [-0.4, -0.2) is 29.9 Å². The molecule has 0 spiro atoms. The van der Waals surface area contributed by atoms with Gasteiger partial charge in [-0.25, -0.2) is 0 Å². The number of methoxy groups -OCH3 is 1. The summed E-state index contributed by atoms with van der Waals surface area (Å²) in [6.45, 7) is 1.16. The minimum Gasteiger partial charge on any atom is -0.504 e. The van der Waals surface area contributed by atoms with Crippen molar-refractivity contribution in [3.8, 4) is 0 Å². The number of carboxylic acids is 1. The van der Waals surface area contributed by atoms with Crippen LogP contribution in [0.5, 0.6) is 0 Å². The van der Waals surface area contributed by atoms with Crippen molar-refractivity contribution < 1.29 is 19.7 Å². The molecular weight excluding hydrogens is 160 g/mol. The van der Waals surface area contributed by atoms with Gasteiger partial charge in [0.05, 0.1) is 20.0 Å². The van der Waals surface area contributed by atoms with E-state index in [1.165, 1.54) is 6.26 Å². The van der Waals surface area contributed by atoms with Crippen molar-refractivity contribution in [3.05, 3.63) is 24.5 Å². The number of hydrogen-bond donors (Lipinski definition) is 2. The standard InChI is InChI=1S/C6H10O2.C2H4O2/c1-8-6-4-2-3-5-7;1-2(3)4/h2-4,6-7H,5H2,1H3;1H3,(H,3,4). The Morgan fingerprint density at radius 2 is 2.00 bits per heavy atom. The van der Waals surface area contributed by atoms with Gasteiger partial charge >= 0.3 is 0 Å². The van der Waals surface area contributed by atoms with E-state index >= 15 is 0 Å². The molecule has 0 aromatic rings. The molecule has 0 bridgehead atoms. The average molecular weight is 174 g/mol. The molecule has 0 saturated heterocycles. The molecule has 0 amide bonds. The van der Waals surface area contributed by atoms with Crippen LogP contribution in [0.3, 0.4) is 0 Å². The predicted octanol–water partition coefficient (Wildman–Crippen LogP) is 0.786. The highest BCUT2D eigenvalue weighted by atomic mass is 16.5. The molecule has 0 unspecified atom stereocenters. The normalized spacial score (nSPS) is 9.58. The second-order valence-corrected chi connectivity index (χ2v) is 1.69. The van der Waals surface area contributed by atoms with Crippen molar-refractivity contribution in [1.29, 1.82) is 0 Å². The van der Waals surface area contributed by atoms with Gasteiger partial charge < -0.3 is 14.9 Å². The first-order valence-electron chi connectivity index (χ1n) is 3.30. The van der Waals surface area contributed by atoms with Crippen molar-refractivity contribution in [1.82, 2.24) is 0 Å². The Labute approximate surface area is 71.8 Å². The summed E-state index contributed by atoms with van der Waals surface area (Å²) in [6.07, 6.45) is 6.57. The molecule has 0 saturated carbocycles. The summed E-state index contributed by atoms with van der Waals surface area (Å²) in [6, 6.07) is 0. The Morgan fingerprint density at radius 1 is 1.50 bits per heavy atom. The molecule has 0 atom stereocenters. The SMILES string of the molecule is CC(=O)O.COC=CC=CCO. The highest BCUT2D eigenvalue weighted by Gasteiger charge is 1.65. The lowest BCUT2D eigenvalue weighted by molar-refractivity contribution is -0.134. The number of ether oxygens (including phenoxy) is 1. The molecule has 0 aliphatic rings. The zero-order valence-electron chi connectivity index (χ0n) is 7.23. The van der Waals surface area contributed by atoms with Crippen molar-refractivity contribution >= 4 is 5.97 Å². The third kappa shape index (κ3) is 37.6. The van der Waals surface area contributed by atoms with Crippen molar-refractivity contribution in [2.24, 2.45) is 0 Å². The molecule has 0 aliphatic carbocycles. The van der Waals surface area contributed by atoms with Crippen LogP contribution < -0.4 is 0 Å². The van der Waals surface area contributed by atoms with E-state index in [4.69, 9.17) is 15.0 Å². The first kappa shape index (κ1) is 13.3. The van der Waals surface area contributed by atoms with Gasteiger partial charge in [0.25, 0.3) is 5.97 Å². The van der Waals surface area contributed by atoms with Crippen LogP contribution >= 0.6 is 0 Å². The summed E-state index contributed by atoms with van der Waals surface area (Å²) in [4.78, 5) is 9.00. The minimum atomic E-state index is -0.833. The minimum absolute atomic E-state index is 0.0774. The fraction of sp³-hybridized carbons (Fsp3) is 0.375. The zero-order chi connectivity index (χ0) is 9.82. The molecule has 0 rings (SSSR count). The van der Waals surface area contributed by atoms with Gasteiger partial charge in [-0.05, 0) is 6.08 Å². The van der Waals surface area contributed by atoms with Crippen LogP contribution in [0.4, 0.5) is 0 Å². The molecule has 12 heavy (non-hydrogen) atoms. The number of allylic oxidation sites excluding steroid dienone is 2. The molecule has 0 fully saturated rings. The van der Waals surface area contributed by atoms with E-state index in [-0.39, 0.29) is 6.61 Å². The van der Waals surface area contributed by atoms with Crippen LogP contribution in [0.1, 0.15) is 6.92 Å². The number of aliphatic carboxylic acids is 1. The first-order chi connectivity index (χ1) is 5.65. The van der Waals surface area contributed by atoms with Crippen molar-refractivity contribution in [2.45, 2.75) is 6.92 Å². The van der Waals surface area contributed by atoms with Crippen LogP contribution in [0.2, 0.25) is 0 Å². The third-order valence-electron chi connectivity index (χ3n) is 0.567. The van der Waals surface area contributed by atoms with E-state index in [1.807, 2.05) is 0 Å². The number of carboxylic acid groups (broad SMARTS) is 1. The summed E-state index contributed by atoms with van der Waals surface area (Å²) in [5.74, 6) is -0.833. The van der Waals surface area contributed by atoms with Gasteiger partial charge in [0.1, 0.15) is 0 Å². The Bertz CT molecular complexity index is 133. The Morgan fingerprint density at radius 3 is 2.33 bits per heavy atom. The Kier molecular flexibility index (Phi) is 13.7. The first-order valence-corrected chi connectivity index (χ1v) is 3.30. The van der Waals surface area contributed by atoms with Gasteiger partial charge in [-0.2, -0.15) is 0 Å². The van der Waals surface area contributed by atoms with Gasteiger partial charge in [-0.3, -0.25) is 4.79 Å². The molecule has 0 radical (unpaired) electrons. The molecule has 0 aromatic heterocycles. The van der Waals surface area contributed by atoms with Crippen LogP contribution in [-0.2, 0) is 9.53 Å². The van der Waals surface area contributed by atoms with E-state index in [0.29, 0.717) is 0 Å². The lowest BCUT2D eigenvalue weighted by Crippen LogP contribution is -1.78. The molecule has 0 aromatic carbocycles. The maximum Gasteiger partial charge on any atom is 0.300 e.